The van der Waals surface area contributed by atoms with Crippen LogP contribution in [0.5, 0.6) is 0 Å². The Bertz CT molecular complexity index is 584. The largest absolute Gasteiger partial charge is 0.306 e. The lowest BCUT2D eigenvalue weighted by Crippen LogP contribution is -2.35. The minimum Gasteiger partial charge on any atom is -0.306 e. The SMILES string of the molecule is Cc1nsc(-c2nnc3n2CCNC3C2CC2)n1. The highest BCUT2D eigenvalue weighted by atomic mass is 32.1. The molecular formula is C11H14N6S. The monoisotopic (exact) mass is 262 g/mol. The number of hydrogen-bond donors (Lipinski definition) is 1. The molecular weight excluding hydrogens is 248 g/mol. The zero-order chi connectivity index (χ0) is 12.1. The summed E-state index contributed by atoms with van der Waals surface area (Å²) in [5.41, 5.74) is 0. The van der Waals surface area contributed by atoms with E-state index in [2.05, 4.69) is 29.4 Å². The smallest absolute Gasteiger partial charge is 0.194 e. The van der Waals surface area contributed by atoms with E-state index >= 15 is 0 Å². The topological polar surface area (TPSA) is 68.5 Å². The molecule has 4 rings (SSSR count). The van der Waals surface area contributed by atoms with Crippen molar-refractivity contribution in [2.75, 3.05) is 6.54 Å². The summed E-state index contributed by atoms with van der Waals surface area (Å²) < 4.78 is 6.43. The average Bonchev–Trinajstić information content (AvgIpc) is 2.99. The van der Waals surface area contributed by atoms with Crippen LogP contribution >= 0.6 is 11.5 Å². The Morgan fingerprint density at radius 1 is 1.33 bits per heavy atom. The second kappa shape index (κ2) is 3.83. The van der Waals surface area contributed by atoms with Crippen molar-refractivity contribution < 1.29 is 0 Å². The van der Waals surface area contributed by atoms with Gasteiger partial charge in [0, 0.05) is 13.1 Å². The van der Waals surface area contributed by atoms with Crippen LogP contribution in [0.2, 0.25) is 0 Å². The molecule has 1 fully saturated rings. The van der Waals surface area contributed by atoms with E-state index < -0.39 is 0 Å². The van der Waals surface area contributed by atoms with Crippen molar-refractivity contribution in [3.05, 3.63) is 11.6 Å². The van der Waals surface area contributed by atoms with Crippen LogP contribution in [-0.4, -0.2) is 30.7 Å². The van der Waals surface area contributed by atoms with Gasteiger partial charge in [-0.3, -0.25) is 0 Å². The lowest BCUT2D eigenvalue weighted by molar-refractivity contribution is 0.383. The molecule has 2 aromatic rings. The van der Waals surface area contributed by atoms with Crippen molar-refractivity contribution in [3.8, 4) is 10.8 Å². The Hall–Kier alpha value is -1.34. The van der Waals surface area contributed by atoms with Crippen molar-refractivity contribution in [1.29, 1.82) is 0 Å². The third kappa shape index (κ3) is 1.58. The summed E-state index contributed by atoms with van der Waals surface area (Å²) in [7, 11) is 0. The van der Waals surface area contributed by atoms with Gasteiger partial charge in [-0.15, -0.1) is 10.2 Å². The maximum Gasteiger partial charge on any atom is 0.194 e. The van der Waals surface area contributed by atoms with E-state index in [-0.39, 0.29) is 0 Å². The molecule has 0 radical (unpaired) electrons. The summed E-state index contributed by atoms with van der Waals surface area (Å²) in [4.78, 5) is 4.41. The maximum absolute atomic E-state index is 4.41. The molecule has 0 amide bonds. The molecule has 2 aliphatic rings. The molecule has 18 heavy (non-hydrogen) atoms. The molecule has 1 aliphatic carbocycles. The quantitative estimate of drug-likeness (QED) is 0.879. The van der Waals surface area contributed by atoms with Gasteiger partial charge in [-0.05, 0) is 37.2 Å². The van der Waals surface area contributed by atoms with Crippen LogP contribution in [-0.2, 0) is 6.54 Å². The highest BCUT2D eigenvalue weighted by Crippen LogP contribution is 2.42. The maximum atomic E-state index is 4.41. The minimum absolute atomic E-state index is 0.383. The Morgan fingerprint density at radius 2 is 2.22 bits per heavy atom. The Labute approximate surface area is 109 Å². The summed E-state index contributed by atoms with van der Waals surface area (Å²) in [5, 5.41) is 13.1. The number of nitrogens with one attached hydrogen (secondary N) is 1. The molecule has 94 valence electrons. The predicted octanol–water partition coefficient (Wildman–Crippen LogP) is 1.16. The molecule has 3 heterocycles. The highest BCUT2D eigenvalue weighted by molar-refractivity contribution is 7.09. The van der Waals surface area contributed by atoms with Gasteiger partial charge in [-0.1, -0.05) is 0 Å². The van der Waals surface area contributed by atoms with E-state index in [9.17, 15) is 0 Å². The van der Waals surface area contributed by atoms with Crippen molar-refractivity contribution in [3.63, 3.8) is 0 Å². The highest BCUT2D eigenvalue weighted by Gasteiger charge is 2.37. The zero-order valence-electron chi connectivity index (χ0n) is 10.1. The van der Waals surface area contributed by atoms with Gasteiger partial charge in [0.1, 0.15) is 5.82 Å². The van der Waals surface area contributed by atoms with Gasteiger partial charge in [0.2, 0.25) is 0 Å². The number of aryl methyl sites for hydroxylation is 1. The van der Waals surface area contributed by atoms with E-state index in [4.69, 9.17) is 0 Å². The summed E-state index contributed by atoms with van der Waals surface area (Å²) in [6, 6.07) is 0.383. The molecule has 0 saturated heterocycles. The average molecular weight is 262 g/mol. The Morgan fingerprint density at radius 3 is 2.94 bits per heavy atom. The van der Waals surface area contributed by atoms with Crippen LogP contribution in [0.15, 0.2) is 0 Å². The standard InChI is InChI=1S/C11H14N6S/c1-6-13-11(18-16-6)10-15-14-9-8(7-2-3-7)12-4-5-17(9)10/h7-8,12H,2-5H2,1H3. The molecule has 1 N–H and O–H groups in total. The summed E-state index contributed by atoms with van der Waals surface area (Å²) in [6.45, 7) is 3.80. The zero-order valence-corrected chi connectivity index (χ0v) is 10.9. The number of nitrogens with zero attached hydrogens (tertiary/aromatic N) is 5. The summed E-state index contributed by atoms with van der Waals surface area (Å²) >= 11 is 1.40. The lowest BCUT2D eigenvalue weighted by Gasteiger charge is -2.24. The number of rotatable bonds is 2. The normalized spacial score (nSPS) is 23.1. The molecule has 7 heteroatoms. The number of fused-ring (bicyclic) bond motifs is 1. The molecule has 0 bridgehead atoms. The Kier molecular flexibility index (Phi) is 2.25. The van der Waals surface area contributed by atoms with E-state index in [1.807, 2.05) is 6.92 Å². The molecule has 2 aromatic heterocycles. The fourth-order valence-electron chi connectivity index (χ4n) is 2.54. The second-order valence-corrected chi connectivity index (χ2v) is 5.70. The molecule has 0 spiro atoms. The molecule has 1 saturated carbocycles. The van der Waals surface area contributed by atoms with Crippen LogP contribution in [0.25, 0.3) is 10.8 Å². The van der Waals surface area contributed by atoms with Crippen LogP contribution < -0.4 is 5.32 Å². The Balaban J connectivity index is 1.77. The fourth-order valence-corrected chi connectivity index (χ4v) is 3.21. The summed E-state index contributed by atoms with van der Waals surface area (Å²) in [6.07, 6.45) is 2.61. The van der Waals surface area contributed by atoms with Crippen molar-refractivity contribution >= 4 is 11.5 Å². The van der Waals surface area contributed by atoms with Crippen LogP contribution in [0.4, 0.5) is 0 Å². The van der Waals surface area contributed by atoms with E-state index in [0.717, 1.165) is 41.5 Å². The van der Waals surface area contributed by atoms with Gasteiger partial charge in [0.25, 0.3) is 0 Å². The second-order valence-electron chi connectivity index (χ2n) is 4.95. The molecule has 1 unspecified atom stereocenters. The van der Waals surface area contributed by atoms with Crippen LogP contribution in [0, 0.1) is 12.8 Å². The van der Waals surface area contributed by atoms with Crippen molar-refractivity contribution in [1.82, 2.24) is 29.4 Å². The predicted molar refractivity (Wildman–Crippen MR) is 67.1 cm³/mol. The van der Waals surface area contributed by atoms with Crippen LogP contribution in [0.1, 0.15) is 30.5 Å². The van der Waals surface area contributed by atoms with Crippen molar-refractivity contribution in [2.45, 2.75) is 32.4 Å². The number of aromatic nitrogens is 5. The molecule has 1 atom stereocenters. The first-order valence-electron chi connectivity index (χ1n) is 6.30. The minimum atomic E-state index is 0.383. The van der Waals surface area contributed by atoms with Gasteiger partial charge < -0.3 is 9.88 Å². The molecule has 6 nitrogen and oxygen atoms in total. The van der Waals surface area contributed by atoms with Gasteiger partial charge in [0.05, 0.1) is 6.04 Å². The van der Waals surface area contributed by atoms with E-state index in [0.29, 0.717) is 6.04 Å². The first-order chi connectivity index (χ1) is 8.83. The molecule has 0 aromatic carbocycles. The first-order valence-corrected chi connectivity index (χ1v) is 7.07. The molecule has 1 aliphatic heterocycles. The van der Waals surface area contributed by atoms with Gasteiger partial charge in [-0.25, -0.2) is 4.98 Å². The van der Waals surface area contributed by atoms with Gasteiger partial charge in [-0.2, -0.15) is 4.37 Å². The lowest BCUT2D eigenvalue weighted by atomic mass is 10.1. The van der Waals surface area contributed by atoms with Gasteiger partial charge in [0.15, 0.2) is 16.7 Å². The fraction of sp³-hybridized carbons (Fsp3) is 0.636. The number of hydrogen-bond acceptors (Lipinski definition) is 6. The third-order valence-electron chi connectivity index (χ3n) is 3.57. The van der Waals surface area contributed by atoms with Gasteiger partial charge >= 0.3 is 0 Å². The third-order valence-corrected chi connectivity index (χ3v) is 4.37. The summed E-state index contributed by atoms with van der Waals surface area (Å²) in [5.74, 6) is 3.51. The first kappa shape index (κ1) is 10.6. The van der Waals surface area contributed by atoms with Crippen molar-refractivity contribution in [2.24, 2.45) is 5.92 Å². The van der Waals surface area contributed by atoms with E-state index in [1.165, 1.54) is 24.4 Å². The van der Waals surface area contributed by atoms with E-state index in [1.54, 1.807) is 0 Å². The van der Waals surface area contributed by atoms with Crippen LogP contribution in [0.3, 0.4) is 0 Å².